The van der Waals surface area contributed by atoms with Crippen molar-refractivity contribution in [2.45, 2.75) is 38.0 Å². The monoisotopic (exact) mass is 542 g/mol. The molecule has 2 aliphatic heterocycles. The molecule has 0 radical (unpaired) electrons. The number of nitro groups is 1. The molecule has 0 aromatic heterocycles. The molecule has 40 heavy (non-hydrogen) atoms. The van der Waals surface area contributed by atoms with E-state index >= 15 is 0 Å². The Labute approximate surface area is 233 Å². The highest BCUT2D eigenvalue weighted by atomic mass is 16.6. The van der Waals surface area contributed by atoms with Gasteiger partial charge in [0.1, 0.15) is 0 Å². The summed E-state index contributed by atoms with van der Waals surface area (Å²) in [5.74, 6) is -1.86. The number of hydrogen-bond donors (Lipinski definition) is 3. The second kappa shape index (κ2) is 12.1. The normalized spacial score (nSPS) is 19.5. The van der Waals surface area contributed by atoms with Crippen LogP contribution < -0.4 is 16.4 Å². The minimum absolute atomic E-state index is 0.0251. The van der Waals surface area contributed by atoms with Crippen molar-refractivity contribution in [1.29, 1.82) is 5.26 Å². The average molecular weight is 543 g/mol. The highest BCUT2D eigenvalue weighted by molar-refractivity contribution is 5.96. The summed E-state index contributed by atoms with van der Waals surface area (Å²) in [4.78, 5) is 38.5. The largest absolute Gasteiger partial charge is 0.369 e. The van der Waals surface area contributed by atoms with Crippen LogP contribution in [0.4, 0.5) is 5.69 Å². The highest BCUT2D eigenvalue weighted by Gasteiger charge is 2.37. The number of dihydropyridines is 1. The first-order valence-electron chi connectivity index (χ1n) is 13.3. The molecule has 2 aromatic carbocycles. The van der Waals surface area contributed by atoms with Crippen LogP contribution in [0.3, 0.4) is 0 Å². The van der Waals surface area contributed by atoms with Crippen molar-refractivity contribution in [3.8, 4) is 6.07 Å². The summed E-state index contributed by atoms with van der Waals surface area (Å²) in [6, 6.07) is 18.4. The Hall–Kier alpha value is -4.49. The summed E-state index contributed by atoms with van der Waals surface area (Å²) in [6.45, 7) is 5.42. The van der Waals surface area contributed by atoms with Crippen molar-refractivity contribution in [3.63, 3.8) is 0 Å². The molecule has 2 aromatic rings. The summed E-state index contributed by atoms with van der Waals surface area (Å²) >= 11 is 0. The van der Waals surface area contributed by atoms with Crippen LogP contribution in [0.2, 0.25) is 0 Å². The number of nitrogens with zero attached hydrogens (tertiary/aromatic N) is 3. The van der Waals surface area contributed by atoms with Gasteiger partial charge in [0.05, 0.1) is 22.3 Å². The molecule has 2 atom stereocenters. The molecule has 4 N–H and O–H groups in total. The van der Waals surface area contributed by atoms with E-state index in [2.05, 4.69) is 21.6 Å². The number of piperidine rings is 1. The van der Waals surface area contributed by atoms with Crippen LogP contribution in [-0.2, 0) is 15.0 Å². The maximum Gasteiger partial charge on any atom is 0.269 e. The van der Waals surface area contributed by atoms with Gasteiger partial charge in [0, 0.05) is 61.2 Å². The molecule has 208 valence electrons. The first-order valence-corrected chi connectivity index (χ1v) is 13.3. The number of hydrogen-bond acceptors (Lipinski definition) is 7. The fourth-order valence-corrected chi connectivity index (χ4v) is 5.57. The second-order valence-electron chi connectivity index (χ2n) is 10.5. The number of primary amides is 1. The van der Waals surface area contributed by atoms with Crippen LogP contribution in [0.1, 0.15) is 43.7 Å². The van der Waals surface area contributed by atoms with Crippen molar-refractivity contribution in [2.75, 3.05) is 26.2 Å². The molecule has 1 saturated heterocycles. The number of benzene rings is 2. The van der Waals surface area contributed by atoms with E-state index in [4.69, 9.17) is 5.73 Å². The van der Waals surface area contributed by atoms with Crippen LogP contribution in [0.5, 0.6) is 0 Å². The van der Waals surface area contributed by atoms with Crippen LogP contribution in [0.25, 0.3) is 0 Å². The summed E-state index contributed by atoms with van der Waals surface area (Å²) in [5, 5.41) is 27.1. The average Bonchev–Trinajstić information content (AvgIpc) is 2.95. The summed E-state index contributed by atoms with van der Waals surface area (Å²) < 4.78 is 0. The molecule has 2 aliphatic rings. The zero-order valence-electron chi connectivity index (χ0n) is 22.7. The molecule has 0 aliphatic carbocycles. The van der Waals surface area contributed by atoms with Crippen LogP contribution in [0.15, 0.2) is 77.6 Å². The fraction of sp³-hybridized carbons (Fsp3) is 0.367. The van der Waals surface area contributed by atoms with Gasteiger partial charge < -0.3 is 21.3 Å². The number of non-ortho nitro benzene ring substituents is 1. The third kappa shape index (κ3) is 6.21. The van der Waals surface area contributed by atoms with E-state index in [0.717, 1.165) is 16.8 Å². The first-order chi connectivity index (χ1) is 19.1. The predicted molar refractivity (Wildman–Crippen MR) is 151 cm³/mol. The predicted octanol–water partition coefficient (Wildman–Crippen LogP) is 3.23. The zero-order chi connectivity index (χ0) is 28.9. The first kappa shape index (κ1) is 28.5. The van der Waals surface area contributed by atoms with Crippen molar-refractivity contribution in [3.05, 3.63) is 98.9 Å². The van der Waals surface area contributed by atoms with Gasteiger partial charge in [-0.2, -0.15) is 5.26 Å². The van der Waals surface area contributed by atoms with E-state index in [1.165, 1.54) is 12.1 Å². The lowest BCUT2D eigenvalue weighted by atomic mass is 9.74. The number of allylic oxidation sites excluding steroid dienone is 3. The molecule has 10 nitrogen and oxygen atoms in total. The number of carbonyl (C=O) groups is 2. The van der Waals surface area contributed by atoms with Gasteiger partial charge >= 0.3 is 0 Å². The summed E-state index contributed by atoms with van der Waals surface area (Å²) in [5.41, 5.74) is 8.91. The standard InChI is InChI=1S/C30H34N6O4/c1-20-16-26(22-8-10-25(11-9-22)36(39)40)27(21(2)34-20)29(38)33-17-23(28(32)37)18-35-14-12-30(19-31,13-15-35)24-6-4-3-5-7-24/h3-11,16,23,26,34H,12-15,17-18H2,1-2H3,(H2,32,37)(H,33,38). The Morgan fingerprint density at radius 2 is 1.82 bits per heavy atom. The number of amides is 2. The number of nitrogens with two attached hydrogens (primary N) is 1. The number of carbonyl (C=O) groups excluding carboxylic acids is 2. The van der Waals surface area contributed by atoms with Crippen molar-refractivity contribution >= 4 is 17.5 Å². The number of rotatable bonds is 9. The molecule has 10 heteroatoms. The topological polar surface area (TPSA) is 154 Å². The van der Waals surface area contributed by atoms with Crippen molar-refractivity contribution < 1.29 is 14.5 Å². The molecular weight excluding hydrogens is 508 g/mol. The van der Waals surface area contributed by atoms with E-state index in [0.29, 0.717) is 43.7 Å². The van der Waals surface area contributed by atoms with Gasteiger partial charge in [-0.15, -0.1) is 0 Å². The quantitative estimate of drug-likeness (QED) is 0.325. The lowest BCUT2D eigenvalue weighted by molar-refractivity contribution is -0.384. The molecule has 2 unspecified atom stereocenters. The smallest absolute Gasteiger partial charge is 0.269 e. The molecule has 1 fully saturated rings. The molecule has 0 spiro atoms. The Morgan fingerprint density at radius 1 is 1.18 bits per heavy atom. The third-order valence-electron chi connectivity index (χ3n) is 7.86. The van der Waals surface area contributed by atoms with Crippen LogP contribution in [0, 0.1) is 27.4 Å². The summed E-state index contributed by atoms with van der Waals surface area (Å²) in [6.07, 6.45) is 3.19. The SMILES string of the molecule is CC1=CC(c2ccc([N+](=O)[O-])cc2)C(C(=O)NCC(CN2CCC(C#N)(c3ccccc3)CC2)C(N)=O)=C(C)N1. The van der Waals surface area contributed by atoms with Gasteiger partial charge in [-0.1, -0.05) is 48.5 Å². The van der Waals surface area contributed by atoms with E-state index in [-0.39, 0.29) is 18.1 Å². The lowest BCUT2D eigenvalue weighted by Gasteiger charge is -2.38. The van der Waals surface area contributed by atoms with Crippen LogP contribution in [-0.4, -0.2) is 47.8 Å². The molecule has 4 rings (SSSR count). The maximum atomic E-state index is 13.4. The van der Waals surface area contributed by atoms with E-state index in [1.54, 1.807) is 19.1 Å². The van der Waals surface area contributed by atoms with Gasteiger partial charge in [-0.3, -0.25) is 19.7 Å². The number of nitrogens with one attached hydrogen (secondary N) is 2. The molecule has 0 bridgehead atoms. The minimum Gasteiger partial charge on any atom is -0.369 e. The van der Waals surface area contributed by atoms with Crippen molar-refractivity contribution in [2.24, 2.45) is 11.7 Å². The number of nitro benzene ring substituents is 1. The molecule has 2 amide bonds. The Bertz CT molecular complexity index is 1370. The van der Waals surface area contributed by atoms with Gasteiger partial charge in [0.2, 0.25) is 11.8 Å². The minimum atomic E-state index is -0.609. The fourth-order valence-electron chi connectivity index (χ4n) is 5.57. The maximum absolute atomic E-state index is 13.4. The van der Waals surface area contributed by atoms with Gasteiger partial charge in [-0.05, 0) is 37.8 Å². The summed E-state index contributed by atoms with van der Waals surface area (Å²) in [7, 11) is 0. The Kier molecular flexibility index (Phi) is 8.65. The molecule has 0 saturated carbocycles. The van der Waals surface area contributed by atoms with Gasteiger partial charge in [-0.25, -0.2) is 0 Å². The number of likely N-dealkylation sites (tertiary alicyclic amines) is 1. The number of nitriles is 1. The highest BCUT2D eigenvalue weighted by Crippen LogP contribution is 2.35. The third-order valence-corrected chi connectivity index (χ3v) is 7.86. The van der Waals surface area contributed by atoms with Crippen molar-refractivity contribution in [1.82, 2.24) is 15.5 Å². The van der Waals surface area contributed by atoms with Crippen LogP contribution >= 0.6 is 0 Å². The van der Waals surface area contributed by atoms with E-state index in [9.17, 15) is 25.0 Å². The second-order valence-corrected chi connectivity index (χ2v) is 10.5. The van der Waals surface area contributed by atoms with Gasteiger partial charge in [0.25, 0.3) is 5.69 Å². The molecule has 2 heterocycles. The zero-order valence-corrected chi connectivity index (χ0v) is 22.7. The van der Waals surface area contributed by atoms with Gasteiger partial charge in [0.15, 0.2) is 0 Å². The van der Waals surface area contributed by atoms with E-state index < -0.39 is 28.1 Å². The Morgan fingerprint density at radius 3 is 2.40 bits per heavy atom. The lowest BCUT2D eigenvalue weighted by Crippen LogP contribution is -2.48. The molecular formula is C30H34N6O4. The van der Waals surface area contributed by atoms with E-state index in [1.807, 2.05) is 43.3 Å². The Balaban J connectivity index is 1.41.